The van der Waals surface area contributed by atoms with Crippen molar-refractivity contribution in [3.8, 4) is 22.5 Å². The first-order chi connectivity index (χ1) is 17.5. The molecule has 3 N–H and O–H groups in total. The number of amides is 2. The number of urea groups is 1. The first kappa shape index (κ1) is 24.0. The summed E-state index contributed by atoms with van der Waals surface area (Å²) in [4.78, 5) is 30.4. The molecule has 9 nitrogen and oxygen atoms in total. The van der Waals surface area contributed by atoms with Gasteiger partial charge in [0.15, 0.2) is 0 Å². The van der Waals surface area contributed by atoms with Gasteiger partial charge in [-0.15, -0.1) is 0 Å². The van der Waals surface area contributed by atoms with Crippen molar-refractivity contribution in [2.45, 2.75) is 26.7 Å². The second-order valence-electron chi connectivity index (χ2n) is 9.47. The highest BCUT2D eigenvalue weighted by Crippen LogP contribution is 2.33. The molecule has 0 unspecified atom stereocenters. The monoisotopic (exact) mass is 487 g/mol. The summed E-state index contributed by atoms with van der Waals surface area (Å²) in [5.41, 5.74) is 11.2. The van der Waals surface area contributed by atoms with Crippen molar-refractivity contribution in [1.82, 2.24) is 19.9 Å². The Labute approximate surface area is 211 Å². The second kappa shape index (κ2) is 10.5. The Morgan fingerprint density at radius 3 is 2.69 bits per heavy atom. The molecule has 0 aliphatic carbocycles. The molecule has 1 aromatic carbocycles. The molecule has 0 radical (unpaired) electrons. The average molecular weight is 488 g/mol. The van der Waals surface area contributed by atoms with E-state index in [4.69, 9.17) is 15.5 Å². The minimum absolute atomic E-state index is 0.0402. The molecule has 0 bridgehead atoms. The summed E-state index contributed by atoms with van der Waals surface area (Å²) < 4.78 is 5.54. The van der Waals surface area contributed by atoms with Gasteiger partial charge in [0, 0.05) is 38.1 Å². The van der Waals surface area contributed by atoms with Crippen LogP contribution in [0.2, 0.25) is 0 Å². The second-order valence-corrected chi connectivity index (χ2v) is 9.47. The predicted octanol–water partition coefficient (Wildman–Crippen LogP) is 4.20. The van der Waals surface area contributed by atoms with E-state index in [2.05, 4.69) is 40.1 Å². The standard InChI is InChI=1S/C27H33N7O2/c1-3-19-7-9-34(17-19)27(35)30-21-5-4-18(2)22(16-21)20-14-24(23-6-8-29-26(28)32-23)31-25(15-20)33-10-12-36-13-11-33/h4-6,8,14-16,19H,3,7,9-13,17H2,1-2H3,(H,30,35)(H2,28,29,32)/t19-/m1/s1. The summed E-state index contributed by atoms with van der Waals surface area (Å²) in [5.74, 6) is 1.66. The van der Waals surface area contributed by atoms with Crippen LogP contribution in [0.3, 0.4) is 0 Å². The number of aromatic nitrogens is 3. The fourth-order valence-corrected chi connectivity index (χ4v) is 4.84. The molecule has 2 fully saturated rings. The van der Waals surface area contributed by atoms with Crippen LogP contribution in [0.5, 0.6) is 0 Å². The molecule has 36 heavy (non-hydrogen) atoms. The molecule has 2 aromatic heterocycles. The van der Waals surface area contributed by atoms with Crippen molar-refractivity contribution < 1.29 is 9.53 Å². The first-order valence-electron chi connectivity index (χ1n) is 12.6. The summed E-state index contributed by atoms with van der Waals surface area (Å²) in [7, 11) is 0. The largest absolute Gasteiger partial charge is 0.378 e. The normalized spacial score (nSPS) is 17.9. The molecule has 0 spiro atoms. The molecule has 2 amide bonds. The highest BCUT2D eigenvalue weighted by Gasteiger charge is 2.25. The summed E-state index contributed by atoms with van der Waals surface area (Å²) in [6.07, 6.45) is 3.82. The number of aryl methyl sites for hydroxylation is 1. The number of anilines is 3. The third kappa shape index (κ3) is 5.26. The van der Waals surface area contributed by atoms with Crippen molar-refractivity contribution in [3.63, 3.8) is 0 Å². The lowest BCUT2D eigenvalue weighted by Gasteiger charge is -2.28. The van der Waals surface area contributed by atoms with Crippen LogP contribution in [-0.2, 0) is 4.74 Å². The number of nitrogen functional groups attached to an aromatic ring is 1. The Bertz CT molecular complexity index is 1240. The maximum Gasteiger partial charge on any atom is 0.321 e. The van der Waals surface area contributed by atoms with Gasteiger partial charge >= 0.3 is 6.03 Å². The van der Waals surface area contributed by atoms with Crippen LogP contribution in [0.15, 0.2) is 42.6 Å². The lowest BCUT2D eigenvalue weighted by atomic mass is 9.99. The van der Waals surface area contributed by atoms with Gasteiger partial charge in [0.1, 0.15) is 5.82 Å². The van der Waals surface area contributed by atoms with Crippen molar-refractivity contribution in [1.29, 1.82) is 0 Å². The number of carbonyl (C=O) groups is 1. The Morgan fingerprint density at radius 2 is 1.94 bits per heavy atom. The number of hydrogen-bond acceptors (Lipinski definition) is 7. The van der Waals surface area contributed by atoms with Gasteiger partial charge in [-0.2, -0.15) is 0 Å². The van der Waals surface area contributed by atoms with Crippen LogP contribution in [0.25, 0.3) is 22.5 Å². The summed E-state index contributed by atoms with van der Waals surface area (Å²) in [6, 6.07) is 11.9. The fourth-order valence-electron chi connectivity index (χ4n) is 4.84. The SMILES string of the molecule is CC[C@@H]1CCN(C(=O)Nc2ccc(C)c(-c3cc(-c4ccnc(N)n4)nc(N4CCOCC4)c3)c2)C1. The Hall–Kier alpha value is -3.72. The molecule has 2 aliphatic rings. The number of nitrogens with one attached hydrogen (secondary N) is 1. The molecule has 2 saturated heterocycles. The number of nitrogens with two attached hydrogens (primary N) is 1. The van der Waals surface area contributed by atoms with Crippen LogP contribution in [0.1, 0.15) is 25.3 Å². The highest BCUT2D eigenvalue weighted by atomic mass is 16.5. The number of nitrogens with zero attached hydrogens (tertiary/aromatic N) is 5. The lowest BCUT2D eigenvalue weighted by Crippen LogP contribution is -2.36. The van der Waals surface area contributed by atoms with Crippen molar-refractivity contribution in [2.24, 2.45) is 5.92 Å². The van der Waals surface area contributed by atoms with E-state index in [1.807, 2.05) is 35.2 Å². The number of carbonyl (C=O) groups excluding carboxylic acids is 1. The molecule has 5 rings (SSSR count). The van der Waals surface area contributed by atoms with Crippen LogP contribution in [0, 0.1) is 12.8 Å². The predicted molar refractivity (Wildman–Crippen MR) is 142 cm³/mol. The van der Waals surface area contributed by atoms with E-state index in [1.165, 1.54) is 0 Å². The van der Waals surface area contributed by atoms with Crippen molar-refractivity contribution in [2.75, 3.05) is 55.3 Å². The molecular formula is C27H33N7O2. The Morgan fingerprint density at radius 1 is 1.11 bits per heavy atom. The number of ether oxygens (including phenoxy) is 1. The van der Waals surface area contributed by atoms with E-state index in [9.17, 15) is 4.79 Å². The maximum atomic E-state index is 12.9. The molecular weight excluding hydrogens is 454 g/mol. The smallest absolute Gasteiger partial charge is 0.321 e. The van der Waals surface area contributed by atoms with E-state index < -0.39 is 0 Å². The van der Waals surface area contributed by atoms with Gasteiger partial charge in [0.05, 0.1) is 24.6 Å². The average Bonchev–Trinajstić information content (AvgIpc) is 3.40. The quantitative estimate of drug-likeness (QED) is 0.555. The van der Waals surface area contributed by atoms with Crippen molar-refractivity contribution >= 4 is 23.5 Å². The Kier molecular flexibility index (Phi) is 6.99. The van der Waals surface area contributed by atoms with Crippen LogP contribution >= 0.6 is 0 Å². The van der Waals surface area contributed by atoms with Gasteiger partial charge in [-0.25, -0.2) is 19.7 Å². The summed E-state index contributed by atoms with van der Waals surface area (Å²) >= 11 is 0. The molecule has 0 saturated carbocycles. The lowest BCUT2D eigenvalue weighted by molar-refractivity contribution is 0.122. The van der Waals surface area contributed by atoms with E-state index in [0.717, 1.165) is 72.9 Å². The number of pyridine rings is 1. The summed E-state index contributed by atoms with van der Waals surface area (Å²) in [5, 5.41) is 3.10. The van der Waals surface area contributed by atoms with E-state index in [-0.39, 0.29) is 12.0 Å². The number of hydrogen-bond donors (Lipinski definition) is 2. The molecule has 2 aliphatic heterocycles. The summed E-state index contributed by atoms with van der Waals surface area (Å²) in [6.45, 7) is 8.75. The van der Waals surface area contributed by atoms with Crippen LogP contribution in [-0.4, -0.2) is 65.3 Å². The van der Waals surface area contributed by atoms with Gasteiger partial charge in [0.25, 0.3) is 0 Å². The van der Waals surface area contributed by atoms with E-state index in [0.29, 0.717) is 24.8 Å². The molecule has 9 heteroatoms. The third-order valence-corrected chi connectivity index (χ3v) is 7.03. The molecule has 1 atom stereocenters. The van der Waals surface area contributed by atoms with Gasteiger partial charge < -0.3 is 25.6 Å². The maximum absolute atomic E-state index is 12.9. The zero-order valence-corrected chi connectivity index (χ0v) is 20.9. The molecule has 4 heterocycles. The zero-order chi connectivity index (χ0) is 25.1. The topological polar surface area (TPSA) is 110 Å². The van der Waals surface area contributed by atoms with Crippen LogP contribution in [0.4, 0.5) is 22.2 Å². The van der Waals surface area contributed by atoms with Crippen LogP contribution < -0.4 is 16.0 Å². The molecule has 3 aromatic rings. The minimum Gasteiger partial charge on any atom is -0.378 e. The van der Waals surface area contributed by atoms with Gasteiger partial charge in [-0.1, -0.05) is 19.4 Å². The number of morpholine rings is 1. The highest BCUT2D eigenvalue weighted by molar-refractivity contribution is 5.91. The zero-order valence-electron chi connectivity index (χ0n) is 20.9. The van der Waals surface area contributed by atoms with Crippen molar-refractivity contribution in [3.05, 3.63) is 48.2 Å². The number of benzene rings is 1. The first-order valence-corrected chi connectivity index (χ1v) is 12.6. The fraction of sp³-hybridized carbons (Fsp3) is 0.407. The molecule has 188 valence electrons. The van der Waals surface area contributed by atoms with Gasteiger partial charge in [-0.3, -0.25) is 0 Å². The van der Waals surface area contributed by atoms with Gasteiger partial charge in [-0.05, 0) is 66.3 Å². The number of likely N-dealkylation sites (tertiary alicyclic amines) is 1. The van der Waals surface area contributed by atoms with E-state index >= 15 is 0 Å². The minimum atomic E-state index is -0.0402. The Balaban J connectivity index is 1.49. The van der Waals surface area contributed by atoms with Gasteiger partial charge in [0.2, 0.25) is 5.95 Å². The number of rotatable bonds is 5. The third-order valence-electron chi connectivity index (χ3n) is 7.03. The van der Waals surface area contributed by atoms with E-state index in [1.54, 1.807) is 6.20 Å².